The summed E-state index contributed by atoms with van der Waals surface area (Å²) < 4.78 is 54.2. The zero-order valence-electron chi connectivity index (χ0n) is 90.1. The SMILES string of the molecule is CC(C)CCOCCC(=O)NCCC(=O)N1Cc2ccccc2-c2nnn(CCOCCC(C)C)c2-c2ccccc21.CC(C)CCOCCC(C)C.CC(C)CCOCCCC(=O)C(C)C.CC(C)CCOCCNC(=O)CC(C)C.CC(C)CCOCCNC(=O)CCC(=O)C(C)C.CC(C)CCOCCn1nnc2c1CCC1C(CC2)C1OC(=O)CCCOCCCC(=O)CCC(C)C. The molecule has 7 rings (SSSR count). The molecule has 4 amide bonds. The molecule has 1 saturated carbocycles. The number of rotatable bonds is 65. The van der Waals surface area contributed by atoms with Crippen LogP contribution in [0.25, 0.3) is 22.5 Å². The number of carbonyl (C=O) groups excluding carboxylic acids is 8. The molecular formula is C110H192N10O17. The maximum Gasteiger partial charge on any atom is 0.306 e. The second-order valence-electron chi connectivity index (χ2n) is 41.8. The second-order valence-corrected chi connectivity index (χ2v) is 41.8. The Hall–Kier alpha value is -7.24. The first-order valence-electron chi connectivity index (χ1n) is 52.8. The summed E-state index contributed by atoms with van der Waals surface area (Å²) in [5.41, 5.74) is 7.63. The van der Waals surface area contributed by atoms with Crippen LogP contribution in [-0.2, 0) is 113 Å². The first-order valence-corrected chi connectivity index (χ1v) is 52.8. The molecule has 3 N–H and O–H groups in total. The van der Waals surface area contributed by atoms with Gasteiger partial charge >= 0.3 is 5.97 Å². The van der Waals surface area contributed by atoms with Gasteiger partial charge in [0.25, 0.3) is 0 Å². The number of nitrogens with one attached hydrogen (secondary N) is 3. The molecule has 137 heavy (non-hydrogen) atoms. The summed E-state index contributed by atoms with van der Waals surface area (Å²) in [6, 6.07) is 15.9. The van der Waals surface area contributed by atoms with E-state index in [4.69, 9.17) is 42.6 Å². The fraction of sp³-hybridized carbons (Fsp3) is 0.782. The minimum absolute atomic E-state index is 0.0113. The van der Waals surface area contributed by atoms with Crippen LogP contribution in [0.4, 0.5) is 5.69 Å². The molecule has 27 heteroatoms. The van der Waals surface area contributed by atoms with Crippen LogP contribution in [0, 0.1) is 82.9 Å². The Bertz CT molecular complexity index is 3840. The molecule has 1 aliphatic heterocycles. The van der Waals surface area contributed by atoms with Gasteiger partial charge in [0.1, 0.15) is 29.1 Å². The summed E-state index contributed by atoms with van der Waals surface area (Å²) in [7, 11) is 0. The predicted molar refractivity (Wildman–Crippen MR) is 551 cm³/mol. The molecule has 784 valence electrons. The molecule has 27 nitrogen and oxygen atoms in total. The van der Waals surface area contributed by atoms with Gasteiger partial charge in [-0.2, -0.15) is 0 Å². The minimum atomic E-state index is -0.121. The van der Waals surface area contributed by atoms with Crippen molar-refractivity contribution in [3.8, 4) is 22.5 Å². The minimum Gasteiger partial charge on any atom is -0.462 e. The standard InChI is InChI=1S/C33H45N5O4.C29H49N3O5.C14H27NO3.C12H25NO2.C12H24O2.C10H22O/c1-24(2)14-19-41-21-16-30(39)34-17-13-31(40)37-23-26-9-5-6-10-27(26)32-33(28-11-7-8-12-29(28)37)38(36-35-32)18-22-42-20-15-25(3)4;1-21(2)9-10-23(33)7-5-17-35-18-6-8-28(34)37-29-24-11-13-26-27(14-12-25(24)29)32(31-30-26)16-20-36-19-15-22(3)4;1-11(2)7-9-18-10-8-15-14(17)6-5-13(16)12(3)4;1-10(2)5-7-15-8-6-13-12(14)9-11(3)4;1-10(2)7-9-14-8-5-6-12(13)11(3)4;1-9(2)5-7-11-8-6-10(3)4/h5-12,24-25H,13-23H2,1-4H3,(H,34,39);21-22,24-25,29H,5-20H2,1-4H3;11-12H,5-10H2,1-4H3,(H,15,17);10-11H,5-9H2,1-4H3,(H,13,14);10-11H,5-9H2,1-4H3;9-10H,5-8H2,1-4H3. The Morgan fingerprint density at radius 2 is 0.774 bits per heavy atom. The van der Waals surface area contributed by atoms with Crippen molar-refractivity contribution >= 4 is 52.6 Å². The zero-order chi connectivity index (χ0) is 102. The molecule has 3 unspecified atom stereocenters. The number of fused-ring (bicyclic) bond motifs is 7. The van der Waals surface area contributed by atoms with Crippen molar-refractivity contribution in [3.05, 3.63) is 65.5 Å². The van der Waals surface area contributed by atoms with Crippen LogP contribution >= 0.6 is 0 Å². The number of ether oxygens (including phenoxy) is 9. The lowest BCUT2D eigenvalue weighted by molar-refractivity contribution is -0.146. The number of para-hydroxylation sites is 1. The first-order chi connectivity index (χ1) is 65.3. The molecule has 3 atom stereocenters. The topological polar surface area (TPSA) is 320 Å². The quantitative estimate of drug-likeness (QED) is 0.0273. The summed E-state index contributed by atoms with van der Waals surface area (Å²) in [6.07, 6.45) is 19.8. The van der Waals surface area contributed by atoms with Crippen molar-refractivity contribution in [2.75, 3.05) is 130 Å². The highest BCUT2D eigenvalue weighted by atomic mass is 16.6. The van der Waals surface area contributed by atoms with E-state index >= 15 is 0 Å². The van der Waals surface area contributed by atoms with E-state index in [9.17, 15) is 38.4 Å². The van der Waals surface area contributed by atoms with E-state index < -0.39 is 0 Å². The predicted octanol–water partition coefficient (Wildman–Crippen LogP) is 21.0. The Kier molecular flexibility index (Phi) is 70.2. The Morgan fingerprint density at radius 1 is 0.365 bits per heavy atom. The number of amides is 4. The smallest absolute Gasteiger partial charge is 0.306 e. The summed E-state index contributed by atoms with van der Waals surface area (Å²) in [5, 5.41) is 26.4. The Morgan fingerprint density at radius 3 is 1.28 bits per heavy atom. The molecule has 1 fully saturated rings. The summed E-state index contributed by atoms with van der Waals surface area (Å²) in [5.74, 6) is 8.01. The van der Waals surface area contributed by atoms with Crippen molar-refractivity contribution in [1.82, 2.24) is 45.9 Å². The largest absolute Gasteiger partial charge is 0.462 e. The Labute approximate surface area is 828 Å². The molecule has 2 aromatic carbocycles. The normalized spacial score (nSPS) is 14.2. The summed E-state index contributed by atoms with van der Waals surface area (Å²) in [4.78, 5) is 97.2. The van der Waals surface area contributed by atoms with E-state index in [1.54, 1.807) is 0 Å². The van der Waals surface area contributed by atoms with Crippen LogP contribution in [-0.4, -0.2) is 208 Å². The van der Waals surface area contributed by atoms with Gasteiger partial charge in [0, 0.05) is 185 Å². The average Bonchev–Trinajstić information content (AvgIpc) is 1.72. The fourth-order valence-corrected chi connectivity index (χ4v) is 14.2. The second kappa shape index (κ2) is 76.5. The number of Topliss-reactive ketones (excluding diaryl/α,β-unsaturated/α-hetero) is 3. The van der Waals surface area contributed by atoms with E-state index in [1.165, 1.54) is 18.5 Å². The highest BCUT2D eigenvalue weighted by Crippen LogP contribution is 2.49. The molecule has 2 aromatic heterocycles. The lowest BCUT2D eigenvalue weighted by atomic mass is 9.95. The Balaban J connectivity index is 0.000000601. The van der Waals surface area contributed by atoms with E-state index in [0.29, 0.717) is 201 Å². The molecule has 0 bridgehead atoms. The number of hydrogen-bond donors (Lipinski definition) is 3. The van der Waals surface area contributed by atoms with Crippen molar-refractivity contribution in [2.45, 2.75) is 352 Å². The van der Waals surface area contributed by atoms with Crippen LogP contribution in [0.1, 0.15) is 331 Å². The monoisotopic (exact) mass is 1930 g/mol. The summed E-state index contributed by atoms with van der Waals surface area (Å²) >= 11 is 0. The molecule has 2 aliphatic carbocycles. The van der Waals surface area contributed by atoms with Gasteiger partial charge in [0.15, 0.2) is 0 Å². The molecular weight excluding hydrogens is 1730 g/mol. The maximum atomic E-state index is 13.7. The number of anilines is 1. The molecule has 3 aliphatic rings. The molecule has 0 radical (unpaired) electrons. The fourth-order valence-electron chi connectivity index (χ4n) is 14.2. The average molecular weight is 1930 g/mol. The van der Waals surface area contributed by atoms with Gasteiger partial charge in [0.2, 0.25) is 23.6 Å². The number of hydrogen-bond acceptors (Lipinski definition) is 21. The van der Waals surface area contributed by atoms with Gasteiger partial charge in [-0.1, -0.05) is 219 Å². The highest BCUT2D eigenvalue weighted by Gasteiger charge is 2.53. The molecule has 0 spiro atoms. The van der Waals surface area contributed by atoms with E-state index in [0.717, 1.165) is 188 Å². The highest BCUT2D eigenvalue weighted by molar-refractivity contribution is 6.00. The van der Waals surface area contributed by atoms with Crippen LogP contribution in [0.3, 0.4) is 0 Å². The van der Waals surface area contributed by atoms with Gasteiger partial charge in [-0.15, -0.1) is 10.2 Å². The maximum absolute atomic E-state index is 13.7. The van der Waals surface area contributed by atoms with E-state index in [1.807, 2.05) is 104 Å². The van der Waals surface area contributed by atoms with Crippen LogP contribution in [0.15, 0.2) is 48.5 Å². The van der Waals surface area contributed by atoms with Crippen LogP contribution in [0.5, 0.6) is 0 Å². The van der Waals surface area contributed by atoms with E-state index in [-0.39, 0.29) is 79.1 Å². The number of nitrogens with zero attached hydrogens (tertiary/aromatic N) is 7. The first kappa shape index (κ1) is 126. The van der Waals surface area contributed by atoms with Crippen molar-refractivity contribution in [3.63, 3.8) is 0 Å². The number of aromatic nitrogens is 6. The van der Waals surface area contributed by atoms with Crippen molar-refractivity contribution < 1.29 is 81.0 Å². The van der Waals surface area contributed by atoms with E-state index in [2.05, 4.69) is 161 Å². The van der Waals surface area contributed by atoms with Gasteiger partial charge < -0.3 is 63.5 Å². The lowest BCUT2D eigenvalue weighted by Crippen LogP contribution is -2.35. The molecule has 4 aromatic rings. The number of esters is 1. The number of ketones is 3. The number of aryl methyl sites for hydroxylation is 1. The third-order valence-corrected chi connectivity index (χ3v) is 23.4. The molecule has 3 heterocycles. The van der Waals surface area contributed by atoms with Crippen LogP contribution in [0.2, 0.25) is 0 Å². The van der Waals surface area contributed by atoms with Crippen molar-refractivity contribution in [2.24, 2.45) is 82.9 Å². The third kappa shape index (κ3) is 62.6. The summed E-state index contributed by atoms with van der Waals surface area (Å²) in [6.45, 7) is 65.0. The van der Waals surface area contributed by atoms with Gasteiger partial charge in [0.05, 0.1) is 75.4 Å². The van der Waals surface area contributed by atoms with Crippen LogP contribution < -0.4 is 20.9 Å². The number of carbonyl (C=O) groups is 8. The zero-order valence-corrected chi connectivity index (χ0v) is 90.1. The number of benzene rings is 2. The molecule has 0 saturated heterocycles. The van der Waals surface area contributed by atoms with Gasteiger partial charge in [-0.05, 0) is 174 Å². The van der Waals surface area contributed by atoms with Gasteiger partial charge in [-0.25, -0.2) is 9.36 Å². The third-order valence-electron chi connectivity index (χ3n) is 23.4. The van der Waals surface area contributed by atoms with Gasteiger partial charge in [-0.3, -0.25) is 38.4 Å². The lowest BCUT2D eigenvalue weighted by Gasteiger charge is -2.29. The van der Waals surface area contributed by atoms with Crippen molar-refractivity contribution in [1.29, 1.82) is 0 Å².